The van der Waals surface area contributed by atoms with Crippen molar-refractivity contribution in [1.29, 1.82) is 5.26 Å². The van der Waals surface area contributed by atoms with Gasteiger partial charge in [-0.1, -0.05) is 26.7 Å². The summed E-state index contributed by atoms with van der Waals surface area (Å²) < 4.78 is 13.3. The number of nitrogens with one attached hydrogen (secondary N) is 1. The molecule has 0 fully saturated rings. The Kier molecular flexibility index (Phi) is 6.52. The molecule has 0 aromatic heterocycles. The number of benzene rings is 1. The molecule has 0 saturated heterocycles. The summed E-state index contributed by atoms with van der Waals surface area (Å²) in [5, 5.41) is 12.2. The van der Waals surface area contributed by atoms with Gasteiger partial charge in [0.1, 0.15) is 5.82 Å². The molecule has 0 radical (unpaired) electrons. The third-order valence-corrected chi connectivity index (χ3v) is 3.16. The molecule has 1 N–H and O–H groups in total. The van der Waals surface area contributed by atoms with Crippen LogP contribution in [0.1, 0.15) is 51.2 Å². The molecular formula is C16H23FN2. The molecule has 104 valence electrons. The summed E-state index contributed by atoms with van der Waals surface area (Å²) in [7, 11) is 0. The van der Waals surface area contributed by atoms with Crippen LogP contribution in [0.4, 0.5) is 4.39 Å². The van der Waals surface area contributed by atoms with Gasteiger partial charge in [-0.15, -0.1) is 0 Å². The van der Waals surface area contributed by atoms with E-state index < -0.39 is 0 Å². The van der Waals surface area contributed by atoms with Crippen LogP contribution in [0, 0.1) is 23.1 Å². The summed E-state index contributed by atoms with van der Waals surface area (Å²) in [6.07, 6.45) is 3.57. The highest BCUT2D eigenvalue weighted by atomic mass is 19.1. The Morgan fingerprint density at radius 2 is 1.95 bits per heavy atom. The molecule has 2 nitrogen and oxygen atoms in total. The Balaban J connectivity index is 2.40. The molecule has 0 aliphatic carbocycles. The van der Waals surface area contributed by atoms with Crippen molar-refractivity contribution < 1.29 is 4.39 Å². The first-order valence-electron chi connectivity index (χ1n) is 6.94. The van der Waals surface area contributed by atoms with Crippen molar-refractivity contribution >= 4 is 0 Å². The van der Waals surface area contributed by atoms with Crippen molar-refractivity contribution in [1.82, 2.24) is 5.32 Å². The van der Waals surface area contributed by atoms with E-state index in [9.17, 15) is 4.39 Å². The lowest BCUT2D eigenvalue weighted by Gasteiger charge is -2.14. The minimum Gasteiger partial charge on any atom is -0.310 e. The van der Waals surface area contributed by atoms with Gasteiger partial charge in [-0.2, -0.15) is 5.26 Å². The molecule has 0 bridgehead atoms. The number of hydrogen-bond donors (Lipinski definition) is 1. The summed E-state index contributed by atoms with van der Waals surface area (Å²) >= 11 is 0. The molecule has 1 aromatic rings. The number of nitrogens with zero attached hydrogens (tertiary/aromatic N) is 1. The predicted molar refractivity (Wildman–Crippen MR) is 76.1 cm³/mol. The van der Waals surface area contributed by atoms with Crippen molar-refractivity contribution in [2.75, 3.05) is 0 Å². The third kappa shape index (κ3) is 6.35. The average molecular weight is 262 g/mol. The van der Waals surface area contributed by atoms with Crippen LogP contribution in [0.5, 0.6) is 0 Å². The number of hydrogen-bond acceptors (Lipinski definition) is 2. The minimum atomic E-state index is -0.344. The van der Waals surface area contributed by atoms with Crippen LogP contribution in [-0.2, 0) is 6.54 Å². The Morgan fingerprint density at radius 3 is 2.58 bits per heavy atom. The van der Waals surface area contributed by atoms with E-state index in [4.69, 9.17) is 5.26 Å². The average Bonchev–Trinajstić information content (AvgIpc) is 2.35. The van der Waals surface area contributed by atoms with E-state index in [0.717, 1.165) is 17.9 Å². The number of rotatable bonds is 7. The van der Waals surface area contributed by atoms with Crippen molar-refractivity contribution in [2.45, 2.75) is 52.6 Å². The Bertz CT molecular complexity index is 435. The standard InChI is InChI=1S/C16H23FN2/c1-12(2)5-4-6-13(3)19-11-15-7-14(10-18)8-16(17)9-15/h7-9,12-13,19H,4-6,11H2,1-3H3. The zero-order chi connectivity index (χ0) is 14.3. The second kappa shape index (κ2) is 7.91. The van der Waals surface area contributed by atoms with Crippen molar-refractivity contribution in [3.63, 3.8) is 0 Å². The van der Waals surface area contributed by atoms with Crippen LogP contribution in [0.15, 0.2) is 18.2 Å². The van der Waals surface area contributed by atoms with Crippen LogP contribution < -0.4 is 5.32 Å². The van der Waals surface area contributed by atoms with Gasteiger partial charge in [0.05, 0.1) is 11.6 Å². The quantitative estimate of drug-likeness (QED) is 0.806. The van der Waals surface area contributed by atoms with Crippen molar-refractivity contribution in [3.8, 4) is 6.07 Å². The molecule has 0 aliphatic rings. The van der Waals surface area contributed by atoms with E-state index in [1.807, 2.05) is 6.07 Å². The van der Waals surface area contributed by atoms with E-state index >= 15 is 0 Å². The normalized spacial score (nSPS) is 12.4. The van der Waals surface area contributed by atoms with Crippen molar-refractivity contribution in [3.05, 3.63) is 35.1 Å². The first-order valence-corrected chi connectivity index (χ1v) is 6.94. The van der Waals surface area contributed by atoms with Crippen molar-refractivity contribution in [2.24, 2.45) is 5.92 Å². The van der Waals surface area contributed by atoms with E-state index in [0.29, 0.717) is 18.2 Å². The highest BCUT2D eigenvalue weighted by molar-refractivity contribution is 5.33. The van der Waals surface area contributed by atoms with E-state index in [-0.39, 0.29) is 5.82 Å². The second-order valence-electron chi connectivity index (χ2n) is 5.57. The lowest BCUT2D eigenvalue weighted by Crippen LogP contribution is -2.25. The van der Waals surface area contributed by atoms with Gasteiger partial charge in [0.2, 0.25) is 0 Å². The third-order valence-electron chi connectivity index (χ3n) is 3.16. The van der Waals surface area contributed by atoms with Gasteiger partial charge in [0.15, 0.2) is 0 Å². The van der Waals surface area contributed by atoms with Crippen LogP contribution in [0.3, 0.4) is 0 Å². The fourth-order valence-electron chi connectivity index (χ4n) is 2.04. The molecule has 1 aromatic carbocycles. The molecule has 0 amide bonds. The van der Waals surface area contributed by atoms with E-state index in [1.54, 1.807) is 6.07 Å². The van der Waals surface area contributed by atoms with Crippen LogP contribution in [0.25, 0.3) is 0 Å². The SMILES string of the molecule is CC(C)CCCC(C)NCc1cc(F)cc(C#N)c1. The molecule has 1 unspecified atom stereocenters. The first kappa shape index (κ1) is 15.7. The van der Waals surface area contributed by atoms with Gasteiger partial charge in [0, 0.05) is 12.6 Å². The largest absolute Gasteiger partial charge is 0.310 e. The van der Waals surface area contributed by atoms with Gasteiger partial charge in [-0.3, -0.25) is 0 Å². The van der Waals surface area contributed by atoms with E-state index in [2.05, 4.69) is 26.1 Å². The van der Waals surface area contributed by atoms with Gasteiger partial charge in [-0.05, 0) is 43.0 Å². The maximum absolute atomic E-state index is 13.3. The summed E-state index contributed by atoms with van der Waals surface area (Å²) in [6.45, 7) is 7.21. The van der Waals surface area contributed by atoms with Crippen LogP contribution in [0.2, 0.25) is 0 Å². The molecule has 19 heavy (non-hydrogen) atoms. The molecule has 1 rings (SSSR count). The Morgan fingerprint density at radius 1 is 1.21 bits per heavy atom. The second-order valence-corrected chi connectivity index (χ2v) is 5.57. The smallest absolute Gasteiger partial charge is 0.124 e. The monoisotopic (exact) mass is 262 g/mol. The number of halogens is 1. The Hall–Kier alpha value is -1.40. The lowest BCUT2D eigenvalue weighted by molar-refractivity contribution is 0.456. The molecule has 0 aliphatic heterocycles. The maximum Gasteiger partial charge on any atom is 0.124 e. The lowest BCUT2D eigenvalue weighted by atomic mass is 10.0. The zero-order valence-corrected chi connectivity index (χ0v) is 12.0. The topological polar surface area (TPSA) is 35.8 Å². The van der Waals surface area contributed by atoms with Gasteiger partial charge in [0.25, 0.3) is 0 Å². The first-order chi connectivity index (χ1) is 9.01. The number of nitriles is 1. The maximum atomic E-state index is 13.3. The molecule has 1 atom stereocenters. The van der Waals surface area contributed by atoms with Crippen LogP contribution >= 0.6 is 0 Å². The summed E-state index contributed by atoms with van der Waals surface area (Å²) in [5.41, 5.74) is 1.21. The minimum absolute atomic E-state index is 0.344. The van der Waals surface area contributed by atoms with Gasteiger partial charge in [-0.25, -0.2) is 4.39 Å². The van der Waals surface area contributed by atoms with Crippen LogP contribution in [-0.4, -0.2) is 6.04 Å². The summed E-state index contributed by atoms with van der Waals surface area (Å²) in [5.74, 6) is 0.400. The van der Waals surface area contributed by atoms with Gasteiger partial charge < -0.3 is 5.32 Å². The predicted octanol–water partition coefficient (Wildman–Crippen LogP) is 4.00. The highest BCUT2D eigenvalue weighted by Gasteiger charge is 2.05. The molecular weight excluding hydrogens is 239 g/mol. The van der Waals surface area contributed by atoms with Gasteiger partial charge >= 0.3 is 0 Å². The summed E-state index contributed by atoms with van der Waals surface area (Å²) in [6, 6.07) is 6.86. The fraction of sp³-hybridized carbons (Fsp3) is 0.562. The van der Waals surface area contributed by atoms with E-state index in [1.165, 1.54) is 25.0 Å². The Labute approximate surface area is 115 Å². The molecule has 0 spiro atoms. The molecule has 0 saturated carbocycles. The molecule has 3 heteroatoms. The zero-order valence-electron chi connectivity index (χ0n) is 12.0. The molecule has 0 heterocycles. The highest BCUT2D eigenvalue weighted by Crippen LogP contribution is 2.11. The fourth-order valence-corrected chi connectivity index (χ4v) is 2.04. The summed E-state index contributed by atoms with van der Waals surface area (Å²) in [4.78, 5) is 0.